The van der Waals surface area contributed by atoms with Crippen molar-refractivity contribution in [3.05, 3.63) is 24.2 Å². The average Bonchev–Trinajstić information content (AvgIpc) is 2.15. The van der Waals surface area contributed by atoms with Gasteiger partial charge >= 0.3 is 0 Å². The first-order valence-corrected chi connectivity index (χ1v) is 2.82. The SMILES string of the molecule is NC(N)Cc1ccco1. The Hall–Kier alpha value is -0.800. The monoisotopic (exact) mass is 126 g/mol. The molecule has 0 aromatic carbocycles. The summed E-state index contributed by atoms with van der Waals surface area (Å²) < 4.78 is 4.98. The fourth-order valence-electron chi connectivity index (χ4n) is 0.661. The summed E-state index contributed by atoms with van der Waals surface area (Å²) in [4.78, 5) is 0. The van der Waals surface area contributed by atoms with Crippen molar-refractivity contribution >= 4 is 0 Å². The molecule has 0 spiro atoms. The van der Waals surface area contributed by atoms with Gasteiger partial charge in [0.15, 0.2) is 0 Å². The molecule has 1 aromatic heterocycles. The van der Waals surface area contributed by atoms with Crippen LogP contribution in [0.5, 0.6) is 0 Å². The van der Waals surface area contributed by atoms with Crippen LogP contribution < -0.4 is 11.5 Å². The van der Waals surface area contributed by atoms with Crippen molar-refractivity contribution in [1.82, 2.24) is 0 Å². The second-order valence-corrected chi connectivity index (χ2v) is 1.95. The fourth-order valence-corrected chi connectivity index (χ4v) is 0.661. The highest BCUT2D eigenvalue weighted by Gasteiger charge is 1.97. The van der Waals surface area contributed by atoms with E-state index in [0.29, 0.717) is 6.42 Å². The minimum atomic E-state index is -0.309. The highest BCUT2D eigenvalue weighted by molar-refractivity contribution is 4.99. The molecule has 0 saturated heterocycles. The zero-order valence-corrected chi connectivity index (χ0v) is 5.08. The molecule has 50 valence electrons. The van der Waals surface area contributed by atoms with Gasteiger partial charge in [-0.05, 0) is 12.1 Å². The van der Waals surface area contributed by atoms with Crippen LogP contribution in [0, 0.1) is 0 Å². The Bertz CT molecular complexity index is 158. The van der Waals surface area contributed by atoms with E-state index in [4.69, 9.17) is 15.9 Å². The Morgan fingerprint density at radius 1 is 1.56 bits per heavy atom. The summed E-state index contributed by atoms with van der Waals surface area (Å²) in [6.45, 7) is 0. The lowest BCUT2D eigenvalue weighted by molar-refractivity contribution is 0.487. The quantitative estimate of drug-likeness (QED) is 0.551. The normalized spacial score (nSPS) is 10.6. The zero-order valence-electron chi connectivity index (χ0n) is 5.08. The van der Waals surface area contributed by atoms with E-state index in [0.717, 1.165) is 5.76 Å². The van der Waals surface area contributed by atoms with Crippen molar-refractivity contribution in [3.63, 3.8) is 0 Å². The number of furan rings is 1. The largest absolute Gasteiger partial charge is 0.469 e. The fraction of sp³-hybridized carbons (Fsp3) is 0.333. The average molecular weight is 126 g/mol. The smallest absolute Gasteiger partial charge is 0.106 e. The van der Waals surface area contributed by atoms with E-state index >= 15 is 0 Å². The van der Waals surface area contributed by atoms with Gasteiger partial charge in [-0.2, -0.15) is 0 Å². The highest BCUT2D eigenvalue weighted by Crippen LogP contribution is 1.99. The lowest BCUT2D eigenvalue weighted by atomic mass is 10.3. The molecule has 0 atom stereocenters. The molecule has 1 aromatic rings. The third kappa shape index (κ3) is 1.87. The molecule has 0 fully saturated rings. The van der Waals surface area contributed by atoms with Gasteiger partial charge in [-0.3, -0.25) is 0 Å². The maximum absolute atomic E-state index is 5.30. The van der Waals surface area contributed by atoms with Crippen molar-refractivity contribution in [2.24, 2.45) is 11.5 Å². The second kappa shape index (κ2) is 2.66. The molecule has 0 aliphatic rings. The molecule has 9 heavy (non-hydrogen) atoms. The lowest BCUT2D eigenvalue weighted by Gasteiger charge is -1.99. The summed E-state index contributed by atoms with van der Waals surface area (Å²) in [5, 5.41) is 0. The number of hydrogen-bond acceptors (Lipinski definition) is 3. The van der Waals surface area contributed by atoms with Crippen molar-refractivity contribution in [2.45, 2.75) is 12.6 Å². The molecule has 0 unspecified atom stereocenters. The van der Waals surface area contributed by atoms with Gasteiger partial charge in [-0.15, -0.1) is 0 Å². The lowest BCUT2D eigenvalue weighted by Crippen LogP contribution is -2.32. The van der Waals surface area contributed by atoms with Gasteiger partial charge in [0.05, 0.1) is 12.4 Å². The molecule has 1 rings (SSSR count). The van der Waals surface area contributed by atoms with E-state index in [1.54, 1.807) is 6.26 Å². The standard InChI is InChI=1S/C6H10N2O/c7-6(8)4-5-2-1-3-9-5/h1-3,6H,4,7-8H2. The highest BCUT2D eigenvalue weighted by atomic mass is 16.3. The maximum Gasteiger partial charge on any atom is 0.106 e. The molecule has 0 amide bonds. The molecular weight excluding hydrogens is 116 g/mol. The van der Waals surface area contributed by atoms with Crippen molar-refractivity contribution in [2.75, 3.05) is 0 Å². The van der Waals surface area contributed by atoms with E-state index in [1.807, 2.05) is 12.1 Å². The van der Waals surface area contributed by atoms with Crippen LogP contribution in [0.15, 0.2) is 22.8 Å². The zero-order chi connectivity index (χ0) is 6.69. The maximum atomic E-state index is 5.30. The minimum absolute atomic E-state index is 0.309. The van der Waals surface area contributed by atoms with Gasteiger partial charge in [-0.1, -0.05) is 0 Å². The molecule has 3 heteroatoms. The molecule has 0 bridgehead atoms. The third-order valence-corrected chi connectivity index (χ3v) is 1.02. The Balaban J connectivity index is 2.48. The van der Waals surface area contributed by atoms with Gasteiger partial charge in [0.1, 0.15) is 5.76 Å². The van der Waals surface area contributed by atoms with Crippen LogP contribution in [0.4, 0.5) is 0 Å². The van der Waals surface area contributed by atoms with Crippen LogP contribution >= 0.6 is 0 Å². The predicted octanol–water partition coefficient (Wildman–Crippen LogP) is 0.0656. The Morgan fingerprint density at radius 3 is 2.78 bits per heavy atom. The van der Waals surface area contributed by atoms with Crippen molar-refractivity contribution in [3.8, 4) is 0 Å². The van der Waals surface area contributed by atoms with Crippen LogP contribution in [-0.4, -0.2) is 6.17 Å². The number of rotatable bonds is 2. The van der Waals surface area contributed by atoms with Crippen LogP contribution in [-0.2, 0) is 6.42 Å². The first-order chi connectivity index (χ1) is 4.29. The molecule has 0 radical (unpaired) electrons. The van der Waals surface area contributed by atoms with E-state index in [1.165, 1.54) is 0 Å². The first-order valence-electron chi connectivity index (χ1n) is 2.82. The van der Waals surface area contributed by atoms with Crippen molar-refractivity contribution < 1.29 is 4.42 Å². The van der Waals surface area contributed by atoms with Crippen LogP contribution in [0.2, 0.25) is 0 Å². The Morgan fingerprint density at radius 2 is 2.33 bits per heavy atom. The molecule has 0 saturated carbocycles. The van der Waals surface area contributed by atoms with E-state index in [-0.39, 0.29) is 6.17 Å². The van der Waals surface area contributed by atoms with Gasteiger partial charge in [-0.25, -0.2) is 0 Å². The van der Waals surface area contributed by atoms with Crippen LogP contribution in [0.25, 0.3) is 0 Å². The van der Waals surface area contributed by atoms with Gasteiger partial charge in [0, 0.05) is 6.42 Å². The van der Waals surface area contributed by atoms with E-state index in [2.05, 4.69) is 0 Å². The van der Waals surface area contributed by atoms with Gasteiger partial charge < -0.3 is 15.9 Å². The van der Waals surface area contributed by atoms with Gasteiger partial charge in [0.2, 0.25) is 0 Å². The predicted molar refractivity (Wildman–Crippen MR) is 34.6 cm³/mol. The summed E-state index contributed by atoms with van der Waals surface area (Å²) >= 11 is 0. The second-order valence-electron chi connectivity index (χ2n) is 1.95. The topological polar surface area (TPSA) is 65.2 Å². The van der Waals surface area contributed by atoms with E-state index < -0.39 is 0 Å². The summed E-state index contributed by atoms with van der Waals surface area (Å²) in [7, 11) is 0. The van der Waals surface area contributed by atoms with Gasteiger partial charge in [0.25, 0.3) is 0 Å². The van der Waals surface area contributed by atoms with Crippen molar-refractivity contribution in [1.29, 1.82) is 0 Å². The first kappa shape index (κ1) is 6.32. The number of hydrogen-bond donors (Lipinski definition) is 2. The molecule has 0 aliphatic carbocycles. The third-order valence-electron chi connectivity index (χ3n) is 1.02. The Labute approximate surface area is 53.6 Å². The molecule has 4 N–H and O–H groups in total. The van der Waals surface area contributed by atoms with E-state index in [9.17, 15) is 0 Å². The Kier molecular flexibility index (Phi) is 1.87. The summed E-state index contributed by atoms with van der Waals surface area (Å²) in [5.41, 5.74) is 10.6. The van der Waals surface area contributed by atoms with Crippen LogP contribution in [0.1, 0.15) is 5.76 Å². The summed E-state index contributed by atoms with van der Waals surface area (Å²) in [6, 6.07) is 3.67. The molecular formula is C6H10N2O. The molecule has 1 heterocycles. The summed E-state index contributed by atoms with van der Waals surface area (Å²) in [5.74, 6) is 0.838. The molecule has 0 aliphatic heterocycles. The minimum Gasteiger partial charge on any atom is -0.469 e. The molecule has 3 nitrogen and oxygen atoms in total. The number of nitrogens with two attached hydrogens (primary N) is 2. The summed E-state index contributed by atoms with van der Waals surface area (Å²) in [6.07, 6.45) is 1.90. The van der Waals surface area contributed by atoms with Crippen LogP contribution in [0.3, 0.4) is 0 Å².